The second kappa shape index (κ2) is 4.70. The number of benzene rings is 2. The van der Waals surface area contributed by atoms with Crippen molar-refractivity contribution in [2.75, 3.05) is 5.73 Å². The maximum Gasteiger partial charge on any atom is 0.163 e. The minimum atomic E-state index is -0.0665. The SMILES string of the molecule is CC(=O)c1cc(N)ccc1Oc1ccccc1. The Bertz CT molecular complexity index is 535. The van der Waals surface area contributed by atoms with Crippen LogP contribution in [0.3, 0.4) is 0 Å². The number of para-hydroxylation sites is 1. The van der Waals surface area contributed by atoms with Crippen LogP contribution in [0.1, 0.15) is 17.3 Å². The second-order valence-corrected chi connectivity index (χ2v) is 3.73. The number of ketones is 1. The molecule has 0 saturated heterocycles. The van der Waals surface area contributed by atoms with Gasteiger partial charge in [-0.15, -0.1) is 0 Å². The standard InChI is InChI=1S/C14H13NO2/c1-10(16)13-9-11(15)7-8-14(13)17-12-5-3-2-4-6-12/h2-9H,15H2,1H3. The Morgan fingerprint density at radius 3 is 2.47 bits per heavy atom. The van der Waals surface area contributed by atoms with Crippen LogP contribution in [-0.4, -0.2) is 5.78 Å². The van der Waals surface area contributed by atoms with Crippen LogP contribution in [0.4, 0.5) is 5.69 Å². The van der Waals surface area contributed by atoms with E-state index in [1.54, 1.807) is 18.2 Å². The smallest absolute Gasteiger partial charge is 0.163 e. The molecule has 0 radical (unpaired) electrons. The van der Waals surface area contributed by atoms with E-state index < -0.39 is 0 Å². The van der Waals surface area contributed by atoms with Crippen LogP contribution in [0.25, 0.3) is 0 Å². The average molecular weight is 227 g/mol. The maximum atomic E-state index is 11.5. The Morgan fingerprint density at radius 1 is 1.12 bits per heavy atom. The van der Waals surface area contributed by atoms with Crippen molar-refractivity contribution >= 4 is 11.5 Å². The highest BCUT2D eigenvalue weighted by atomic mass is 16.5. The lowest BCUT2D eigenvalue weighted by Crippen LogP contribution is -1.98. The minimum absolute atomic E-state index is 0.0665. The van der Waals surface area contributed by atoms with Crippen LogP contribution in [0.5, 0.6) is 11.5 Å². The molecule has 3 heteroatoms. The van der Waals surface area contributed by atoms with Gasteiger partial charge in [0.15, 0.2) is 5.78 Å². The van der Waals surface area contributed by atoms with Gasteiger partial charge in [0, 0.05) is 5.69 Å². The Hall–Kier alpha value is -2.29. The number of rotatable bonds is 3. The van der Waals surface area contributed by atoms with Gasteiger partial charge in [0.1, 0.15) is 11.5 Å². The molecule has 0 fully saturated rings. The first-order valence-electron chi connectivity index (χ1n) is 5.30. The van der Waals surface area contributed by atoms with Gasteiger partial charge in [-0.2, -0.15) is 0 Å². The zero-order valence-corrected chi connectivity index (χ0v) is 9.51. The predicted octanol–water partition coefficient (Wildman–Crippen LogP) is 3.26. The van der Waals surface area contributed by atoms with Crippen molar-refractivity contribution in [1.82, 2.24) is 0 Å². The Labute approximate surface area is 99.8 Å². The van der Waals surface area contributed by atoms with Gasteiger partial charge < -0.3 is 10.5 Å². The van der Waals surface area contributed by atoms with E-state index in [0.29, 0.717) is 22.7 Å². The third-order valence-electron chi connectivity index (χ3n) is 2.35. The molecule has 0 heterocycles. The van der Waals surface area contributed by atoms with Crippen LogP contribution < -0.4 is 10.5 Å². The second-order valence-electron chi connectivity index (χ2n) is 3.73. The van der Waals surface area contributed by atoms with E-state index in [0.717, 1.165) is 0 Å². The van der Waals surface area contributed by atoms with E-state index in [9.17, 15) is 4.79 Å². The molecule has 17 heavy (non-hydrogen) atoms. The maximum absolute atomic E-state index is 11.5. The molecule has 2 aromatic carbocycles. The van der Waals surface area contributed by atoms with E-state index in [1.165, 1.54) is 6.92 Å². The number of nitrogens with two attached hydrogens (primary N) is 1. The van der Waals surface area contributed by atoms with Crippen LogP contribution in [-0.2, 0) is 0 Å². The molecule has 0 unspecified atom stereocenters. The summed E-state index contributed by atoms with van der Waals surface area (Å²) in [6.45, 7) is 1.49. The van der Waals surface area contributed by atoms with Crippen LogP contribution in [0.15, 0.2) is 48.5 Å². The third kappa shape index (κ3) is 2.64. The van der Waals surface area contributed by atoms with Gasteiger partial charge in [-0.05, 0) is 37.3 Å². The number of hydrogen-bond donors (Lipinski definition) is 1. The molecule has 86 valence electrons. The molecule has 0 aliphatic rings. The van der Waals surface area contributed by atoms with Gasteiger partial charge in [-0.25, -0.2) is 0 Å². The minimum Gasteiger partial charge on any atom is -0.457 e. The lowest BCUT2D eigenvalue weighted by molar-refractivity contribution is 0.101. The molecule has 2 rings (SSSR count). The first-order valence-corrected chi connectivity index (χ1v) is 5.30. The molecule has 2 N–H and O–H groups in total. The molecule has 0 saturated carbocycles. The highest BCUT2D eigenvalue weighted by Crippen LogP contribution is 2.27. The van der Waals surface area contributed by atoms with Crippen molar-refractivity contribution in [2.45, 2.75) is 6.92 Å². The zero-order valence-electron chi connectivity index (χ0n) is 9.51. The van der Waals surface area contributed by atoms with Crippen molar-refractivity contribution in [2.24, 2.45) is 0 Å². The number of hydrogen-bond acceptors (Lipinski definition) is 3. The van der Waals surface area contributed by atoms with E-state index >= 15 is 0 Å². The van der Waals surface area contributed by atoms with Gasteiger partial charge in [0.2, 0.25) is 0 Å². The van der Waals surface area contributed by atoms with Gasteiger partial charge in [0.25, 0.3) is 0 Å². The number of ether oxygens (including phenoxy) is 1. The Kier molecular flexibility index (Phi) is 3.10. The molecule has 2 aromatic rings. The topological polar surface area (TPSA) is 52.3 Å². The monoisotopic (exact) mass is 227 g/mol. The lowest BCUT2D eigenvalue weighted by atomic mass is 10.1. The first kappa shape index (κ1) is 11.2. The first-order chi connectivity index (χ1) is 8.16. The lowest BCUT2D eigenvalue weighted by Gasteiger charge is -2.09. The number of anilines is 1. The Balaban J connectivity index is 2.36. The van der Waals surface area contributed by atoms with E-state index in [1.807, 2.05) is 30.3 Å². The average Bonchev–Trinajstić information content (AvgIpc) is 2.32. The summed E-state index contributed by atoms with van der Waals surface area (Å²) in [6, 6.07) is 14.4. The summed E-state index contributed by atoms with van der Waals surface area (Å²) >= 11 is 0. The van der Waals surface area contributed by atoms with Gasteiger partial charge in [0.05, 0.1) is 5.56 Å². The molecule has 0 aliphatic carbocycles. The summed E-state index contributed by atoms with van der Waals surface area (Å²) in [5.41, 5.74) is 6.70. The van der Waals surface area contributed by atoms with E-state index in [-0.39, 0.29) is 5.78 Å². The van der Waals surface area contributed by atoms with Crippen LogP contribution in [0, 0.1) is 0 Å². The summed E-state index contributed by atoms with van der Waals surface area (Å²) in [5.74, 6) is 1.15. The highest BCUT2D eigenvalue weighted by Gasteiger charge is 2.09. The summed E-state index contributed by atoms with van der Waals surface area (Å²) in [6.07, 6.45) is 0. The molecular formula is C14H13NO2. The molecule has 3 nitrogen and oxygen atoms in total. The van der Waals surface area contributed by atoms with Gasteiger partial charge in [-0.3, -0.25) is 4.79 Å². The third-order valence-corrected chi connectivity index (χ3v) is 2.35. The van der Waals surface area contributed by atoms with Crippen molar-refractivity contribution in [3.63, 3.8) is 0 Å². The largest absolute Gasteiger partial charge is 0.457 e. The molecule has 0 aliphatic heterocycles. The number of Topliss-reactive ketones (excluding diaryl/α,β-unsaturated/α-hetero) is 1. The number of nitrogen functional groups attached to an aromatic ring is 1. The fourth-order valence-corrected chi connectivity index (χ4v) is 1.53. The number of carbonyl (C=O) groups excluding carboxylic acids is 1. The van der Waals surface area contributed by atoms with Gasteiger partial charge in [-0.1, -0.05) is 18.2 Å². The molecule has 0 amide bonds. The zero-order chi connectivity index (χ0) is 12.3. The van der Waals surface area contributed by atoms with E-state index in [2.05, 4.69) is 0 Å². The molecule has 0 bridgehead atoms. The summed E-state index contributed by atoms with van der Waals surface area (Å²) in [5, 5.41) is 0. The van der Waals surface area contributed by atoms with Crippen LogP contribution in [0.2, 0.25) is 0 Å². The van der Waals surface area contributed by atoms with Crippen LogP contribution >= 0.6 is 0 Å². The van der Waals surface area contributed by atoms with Crippen molar-refractivity contribution in [3.05, 3.63) is 54.1 Å². The summed E-state index contributed by atoms with van der Waals surface area (Å²) in [4.78, 5) is 11.5. The fourth-order valence-electron chi connectivity index (χ4n) is 1.53. The molecule has 0 spiro atoms. The summed E-state index contributed by atoms with van der Waals surface area (Å²) < 4.78 is 5.65. The quantitative estimate of drug-likeness (QED) is 0.646. The molecule has 0 atom stereocenters. The molecular weight excluding hydrogens is 214 g/mol. The van der Waals surface area contributed by atoms with Gasteiger partial charge >= 0.3 is 0 Å². The van der Waals surface area contributed by atoms with E-state index in [4.69, 9.17) is 10.5 Å². The van der Waals surface area contributed by atoms with Crippen molar-refractivity contribution < 1.29 is 9.53 Å². The summed E-state index contributed by atoms with van der Waals surface area (Å²) in [7, 11) is 0. The Morgan fingerprint density at radius 2 is 1.82 bits per heavy atom. The number of carbonyl (C=O) groups is 1. The molecule has 0 aromatic heterocycles. The van der Waals surface area contributed by atoms with Crippen molar-refractivity contribution in [3.8, 4) is 11.5 Å². The predicted molar refractivity (Wildman–Crippen MR) is 67.4 cm³/mol. The van der Waals surface area contributed by atoms with Crippen molar-refractivity contribution in [1.29, 1.82) is 0 Å². The normalized spacial score (nSPS) is 9.94. The highest BCUT2D eigenvalue weighted by molar-refractivity contribution is 5.97. The fraction of sp³-hybridized carbons (Fsp3) is 0.0714.